The Bertz CT molecular complexity index is 334. The number of rotatable bonds is 5. The van der Waals surface area contributed by atoms with E-state index in [1.807, 2.05) is 27.7 Å². The second-order valence-electron chi connectivity index (χ2n) is 6.47. The van der Waals surface area contributed by atoms with Crippen LogP contribution < -0.4 is 5.32 Å². The minimum Gasteiger partial charge on any atom is -0.342 e. The molecule has 2 amide bonds. The molecule has 1 N–H and O–H groups in total. The van der Waals surface area contributed by atoms with Gasteiger partial charge in [-0.25, -0.2) is 0 Å². The first kappa shape index (κ1) is 16.0. The Labute approximate surface area is 116 Å². The van der Waals surface area contributed by atoms with Crippen molar-refractivity contribution in [2.24, 2.45) is 5.41 Å². The fraction of sp³-hybridized carbons (Fsp3) is 0.867. The van der Waals surface area contributed by atoms with Gasteiger partial charge in [-0.15, -0.1) is 0 Å². The molecule has 0 aromatic rings. The molecule has 0 spiro atoms. The van der Waals surface area contributed by atoms with Gasteiger partial charge in [0.05, 0.1) is 0 Å². The summed E-state index contributed by atoms with van der Waals surface area (Å²) in [4.78, 5) is 26.6. The molecule has 110 valence electrons. The van der Waals surface area contributed by atoms with Crippen LogP contribution in [0.25, 0.3) is 0 Å². The van der Waals surface area contributed by atoms with E-state index in [0.29, 0.717) is 13.0 Å². The normalized spacial score (nSPS) is 24.6. The first-order valence-corrected chi connectivity index (χ1v) is 7.43. The van der Waals surface area contributed by atoms with Gasteiger partial charge in [-0.3, -0.25) is 9.59 Å². The van der Waals surface area contributed by atoms with Crippen molar-refractivity contribution >= 4 is 11.8 Å². The lowest BCUT2D eigenvalue weighted by atomic mass is 9.83. The summed E-state index contributed by atoms with van der Waals surface area (Å²) in [5.41, 5.74) is -0.242. The summed E-state index contributed by atoms with van der Waals surface area (Å²) >= 11 is 0. The Morgan fingerprint density at radius 2 is 1.79 bits per heavy atom. The predicted octanol–water partition coefficient (Wildman–Crippen LogP) is 2.33. The molecule has 1 aliphatic rings. The number of piperazine rings is 1. The SMILES string of the molecule is CCCCCN1C(=O)C(C(C)(C)C)NC(=O)C1CC. The second-order valence-corrected chi connectivity index (χ2v) is 6.47. The lowest BCUT2D eigenvalue weighted by molar-refractivity contribution is -0.152. The highest BCUT2D eigenvalue weighted by atomic mass is 16.2. The first-order valence-electron chi connectivity index (χ1n) is 7.43. The van der Waals surface area contributed by atoms with Gasteiger partial charge < -0.3 is 10.2 Å². The number of nitrogens with zero attached hydrogens (tertiary/aromatic N) is 1. The summed E-state index contributed by atoms with van der Waals surface area (Å²) in [6.45, 7) is 10.8. The van der Waals surface area contributed by atoms with Crippen LogP contribution in [0.5, 0.6) is 0 Å². The molecule has 2 atom stereocenters. The van der Waals surface area contributed by atoms with Crippen LogP contribution in [-0.4, -0.2) is 35.3 Å². The van der Waals surface area contributed by atoms with Crippen LogP contribution in [-0.2, 0) is 9.59 Å². The molecule has 4 heteroatoms. The maximum Gasteiger partial charge on any atom is 0.246 e. The summed E-state index contributed by atoms with van der Waals surface area (Å²) in [6.07, 6.45) is 3.87. The van der Waals surface area contributed by atoms with E-state index < -0.39 is 6.04 Å². The second kappa shape index (κ2) is 6.40. The van der Waals surface area contributed by atoms with Crippen molar-refractivity contribution in [1.29, 1.82) is 0 Å². The number of unbranched alkanes of at least 4 members (excludes halogenated alkanes) is 2. The fourth-order valence-electron chi connectivity index (χ4n) is 2.55. The van der Waals surface area contributed by atoms with Crippen LogP contribution in [0.3, 0.4) is 0 Å². The van der Waals surface area contributed by atoms with E-state index in [4.69, 9.17) is 0 Å². The number of hydrogen-bond acceptors (Lipinski definition) is 2. The van der Waals surface area contributed by atoms with Crippen molar-refractivity contribution in [3.63, 3.8) is 0 Å². The first-order chi connectivity index (χ1) is 8.82. The molecule has 1 fully saturated rings. The molecule has 4 nitrogen and oxygen atoms in total. The minimum absolute atomic E-state index is 0.00137. The Hall–Kier alpha value is -1.06. The molecule has 0 aromatic carbocycles. The van der Waals surface area contributed by atoms with Crippen LogP contribution in [0.4, 0.5) is 0 Å². The Morgan fingerprint density at radius 3 is 2.26 bits per heavy atom. The molecule has 0 bridgehead atoms. The standard InChI is InChI=1S/C15H28N2O2/c1-6-8-9-10-17-11(7-2)13(18)16-12(14(17)19)15(3,4)5/h11-12H,6-10H2,1-5H3,(H,16,18). The van der Waals surface area contributed by atoms with Gasteiger partial charge in [-0.1, -0.05) is 47.5 Å². The van der Waals surface area contributed by atoms with Crippen molar-refractivity contribution in [2.45, 2.75) is 72.4 Å². The van der Waals surface area contributed by atoms with Gasteiger partial charge in [0.1, 0.15) is 12.1 Å². The molecule has 2 unspecified atom stereocenters. The van der Waals surface area contributed by atoms with Crippen LogP contribution >= 0.6 is 0 Å². The van der Waals surface area contributed by atoms with E-state index >= 15 is 0 Å². The summed E-state index contributed by atoms with van der Waals surface area (Å²) in [5.74, 6) is 0.0774. The van der Waals surface area contributed by atoms with E-state index in [0.717, 1.165) is 19.3 Å². The minimum atomic E-state index is -0.399. The third kappa shape index (κ3) is 3.71. The van der Waals surface area contributed by atoms with Crippen molar-refractivity contribution in [2.75, 3.05) is 6.54 Å². The Kier molecular flexibility index (Phi) is 5.39. The van der Waals surface area contributed by atoms with E-state index in [1.54, 1.807) is 4.90 Å². The number of nitrogens with one attached hydrogen (secondary N) is 1. The van der Waals surface area contributed by atoms with Crippen LogP contribution in [0.2, 0.25) is 0 Å². The highest BCUT2D eigenvalue weighted by Crippen LogP contribution is 2.26. The van der Waals surface area contributed by atoms with E-state index in [9.17, 15) is 9.59 Å². The van der Waals surface area contributed by atoms with Gasteiger partial charge in [-0.2, -0.15) is 0 Å². The van der Waals surface area contributed by atoms with Crippen molar-refractivity contribution in [3.05, 3.63) is 0 Å². The summed E-state index contributed by atoms with van der Waals surface area (Å²) in [5, 5.41) is 2.90. The topological polar surface area (TPSA) is 49.4 Å². The molecule has 1 rings (SSSR count). The highest BCUT2D eigenvalue weighted by Gasteiger charge is 2.44. The fourth-order valence-corrected chi connectivity index (χ4v) is 2.55. The molecule has 19 heavy (non-hydrogen) atoms. The van der Waals surface area contributed by atoms with E-state index in [1.165, 1.54) is 0 Å². The van der Waals surface area contributed by atoms with Gasteiger partial charge in [-0.05, 0) is 18.3 Å². The number of carbonyl (C=O) groups excluding carboxylic acids is 2. The molecule has 0 aliphatic carbocycles. The highest BCUT2D eigenvalue weighted by molar-refractivity contribution is 5.97. The molecular formula is C15H28N2O2. The van der Waals surface area contributed by atoms with Crippen LogP contribution in [0, 0.1) is 5.41 Å². The third-order valence-corrected chi connectivity index (χ3v) is 3.75. The Morgan fingerprint density at radius 1 is 1.16 bits per heavy atom. The van der Waals surface area contributed by atoms with Crippen molar-refractivity contribution in [3.8, 4) is 0 Å². The maximum absolute atomic E-state index is 12.6. The third-order valence-electron chi connectivity index (χ3n) is 3.75. The van der Waals surface area contributed by atoms with Gasteiger partial charge in [0.25, 0.3) is 0 Å². The zero-order valence-corrected chi connectivity index (χ0v) is 13.0. The number of hydrogen-bond donors (Lipinski definition) is 1. The lowest BCUT2D eigenvalue weighted by Crippen LogP contribution is -2.66. The molecule has 1 heterocycles. The zero-order valence-electron chi connectivity index (χ0n) is 13.0. The van der Waals surface area contributed by atoms with Gasteiger partial charge in [0.15, 0.2) is 0 Å². The molecule has 0 saturated carbocycles. The monoisotopic (exact) mass is 268 g/mol. The molecule has 1 saturated heterocycles. The van der Waals surface area contributed by atoms with Gasteiger partial charge in [0, 0.05) is 6.54 Å². The Balaban J connectivity index is 2.86. The largest absolute Gasteiger partial charge is 0.342 e. The molecule has 1 aliphatic heterocycles. The van der Waals surface area contributed by atoms with Crippen LogP contribution in [0.1, 0.15) is 60.3 Å². The van der Waals surface area contributed by atoms with Gasteiger partial charge in [0.2, 0.25) is 11.8 Å². The quantitative estimate of drug-likeness (QED) is 0.778. The average molecular weight is 268 g/mol. The lowest BCUT2D eigenvalue weighted by Gasteiger charge is -2.43. The number of amides is 2. The van der Waals surface area contributed by atoms with Crippen LogP contribution in [0.15, 0.2) is 0 Å². The van der Waals surface area contributed by atoms with E-state index in [-0.39, 0.29) is 23.3 Å². The zero-order chi connectivity index (χ0) is 14.6. The number of carbonyl (C=O) groups is 2. The van der Waals surface area contributed by atoms with Crippen molar-refractivity contribution in [1.82, 2.24) is 10.2 Å². The summed E-state index contributed by atoms with van der Waals surface area (Å²) in [7, 11) is 0. The van der Waals surface area contributed by atoms with E-state index in [2.05, 4.69) is 12.2 Å². The predicted molar refractivity (Wildman–Crippen MR) is 76.7 cm³/mol. The summed E-state index contributed by atoms with van der Waals surface area (Å²) < 4.78 is 0. The maximum atomic E-state index is 12.6. The average Bonchev–Trinajstić information content (AvgIpc) is 2.32. The van der Waals surface area contributed by atoms with Gasteiger partial charge >= 0.3 is 0 Å². The summed E-state index contributed by atoms with van der Waals surface area (Å²) in [6, 6.07) is -0.688. The molecular weight excluding hydrogens is 240 g/mol. The molecule has 0 radical (unpaired) electrons. The molecule has 0 aromatic heterocycles. The smallest absolute Gasteiger partial charge is 0.246 e. The van der Waals surface area contributed by atoms with Crippen molar-refractivity contribution < 1.29 is 9.59 Å².